The van der Waals surface area contributed by atoms with Gasteiger partial charge in [0.1, 0.15) is 6.04 Å². The fourth-order valence-electron chi connectivity index (χ4n) is 0.733. The predicted molar refractivity (Wildman–Crippen MR) is 50.0 cm³/mol. The summed E-state index contributed by atoms with van der Waals surface area (Å²) in [6.07, 6.45) is 0.454. The first-order valence-electron chi connectivity index (χ1n) is 4.10. The SMILES string of the molecule is CCC(C#N)NS(=O)(=O)NC(C)C. The van der Waals surface area contributed by atoms with Gasteiger partial charge >= 0.3 is 0 Å². The van der Waals surface area contributed by atoms with Crippen molar-refractivity contribution < 1.29 is 8.42 Å². The van der Waals surface area contributed by atoms with Gasteiger partial charge in [0.25, 0.3) is 10.2 Å². The lowest BCUT2D eigenvalue weighted by Crippen LogP contribution is -2.44. The molecule has 0 spiro atoms. The molecule has 0 heterocycles. The Labute approximate surface area is 79.3 Å². The van der Waals surface area contributed by atoms with Crippen LogP contribution >= 0.6 is 0 Å². The maximum absolute atomic E-state index is 11.2. The van der Waals surface area contributed by atoms with Crippen LogP contribution in [0, 0.1) is 11.3 Å². The van der Waals surface area contributed by atoms with E-state index in [4.69, 9.17) is 5.26 Å². The number of hydrogen-bond acceptors (Lipinski definition) is 3. The van der Waals surface area contributed by atoms with Crippen LogP contribution in [0.3, 0.4) is 0 Å². The zero-order valence-corrected chi connectivity index (χ0v) is 8.85. The molecule has 13 heavy (non-hydrogen) atoms. The van der Waals surface area contributed by atoms with Crippen molar-refractivity contribution in [2.24, 2.45) is 0 Å². The first-order valence-corrected chi connectivity index (χ1v) is 5.58. The molecule has 76 valence electrons. The minimum atomic E-state index is -3.53. The molecule has 1 unspecified atom stereocenters. The van der Waals surface area contributed by atoms with E-state index in [2.05, 4.69) is 9.44 Å². The van der Waals surface area contributed by atoms with E-state index in [0.717, 1.165) is 0 Å². The second-order valence-electron chi connectivity index (χ2n) is 2.98. The van der Waals surface area contributed by atoms with Crippen molar-refractivity contribution >= 4 is 10.2 Å². The minimum Gasteiger partial charge on any atom is -0.200 e. The molecule has 0 aromatic heterocycles. The number of nitriles is 1. The van der Waals surface area contributed by atoms with Gasteiger partial charge in [-0.25, -0.2) is 0 Å². The summed E-state index contributed by atoms with van der Waals surface area (Å²) in [5, 5.41) is 8.52. The van der Waals surface area contributed by atoms with Gasteiger partial charge in [0.2, 0.25) is 0 Å². The van der Waals surface area contributed by atoms with Crippen LogP contribution in [0.25, 0.3) is 0 Å². The summed E-state index contributed by atoms with van der Waals surface area (Å²) in [7, 11) is -3.53. The summed E-state index contributed by atoms with van der Waals surface area (Å²) >= 11 is 0. The molecule has 5 nitrogen and oxygen atoms in total. The lowest BCUT2D eigenvalue weighted by molar-refractivity contribution is 0.544. The van der Waals surface area contributed by atoms with E-state index in [1.165, 1.54) is 0 Å². The molecule has 0 rings (SSSR count). The normalized spacial score (nSPS) is 14.1. The molecule has 0 bridgehead atoms. The Kier molecular flexibility index (Phi) is 4.91. The molecule has 0 aliphatic carbocycles. The summed E-state index contributed by atoms with van der Waals surface area (Å²) in [6, 6.07) is 1.02. The van der Waals surface area contributed by atoms with E-state index >= 15 is 0 Å². The number of nitrogens with one attached hydrogen (secondary N) is 2. The van der Waals surface area contributed by atoms with Gasteiger partial charge in [-0.2, -0.15) is 23.1 Å². The van der Waals surface area contributed by atoms with E-state index < -0.39 is 16.3 Å². The summed E-state index contributed by atoms with van der Waals surface area (Å²) < 4.78 is 26.9. The topological polar surface area (TPSA) is 82.0 Å². The van der Waals surface area contributed by atoms with E-state index in [1.54, 1.807) is 20.8 Å². The van der Waals surface area contributed by atoms with Crippen LogP contribution in [0.4, 0.5) is 0 Å². The maximum Gasteiger partial charge on any atom is 0.278 e. The van der Waals surface area contributed by atoms with Gasteiger partial charge in [-0.1, -0.05) is 6.92 Å². The van der Waals surface area contributed by atoms with Gasteiger partial charge in [0.15, 0.2) is 0 Å². The van der Waals surface area contributed by atoms with Gasteiger partial charge in [-0.3, -0.25) is 0 Å². The van der Waals surface area contributed by atoms with Gasteiger partial charge < -0.3 is 0 Å². The molecule has 0 aromatic rings. The molecular formula is C7H15N3O2S. The summed E-state index contributed by atoms with van der Waals surface area (Å²) in [6.45, 7) is 5.17. The quantitative estimate of drug-likeness (QED) is 0.669. The van der Waals surface area contributed by atoms with E-state index in [-0.39, 0.29) is 6.04 Å². The van der Waals surface area contributed by atoms with Crippen molar-refractivity contribution in [1.82, 2.24) is 9.44 Å². The number of nitrogens with zero attached hydrogens (tertiary/aromatic N) is 1. The lowest BCUT2D eigenvalue weighted by Gasteiger charge is -2.12. The fourth-order valence-corrected chi connectivity index (χ4v) is 2.02. The fraction of sp³-hybridized carbons (Fsp3) is 0.857. The highest BCUT2D eigenvalue weighted by atomic mass is 32.2. The molecule has 0 saturated heterocycles. The Morgan fingerprint density at radius 2 is 1.92 bits per heavy atom. The molecule has 0 aliphatic heterocycles. The Balaban J connectivity index is 4.27. The summed E-state index contributed by atoms with van der Waals surface area (Å²) in [5.74, 6) is 0. The number of hydrogen-bond donors (Lipinski definition) is 2. The molecule has 2 N–H and O–H groups in total. The highest BCUT2D eigenvalue weighted by Crippen LogP contribution is 1.92. The molecule has 0 aliphatic rings. The van der Waals surface area contributed by atoms with Gasteiger partial charge in [0.05, 0.1) is 6.07 Å². The molecule has 0 radical (unpaired) electrons. The van der Waals surface area contributed by atoms with Crippen LogP contribution in [0.1, 0.15) is 27.2 Å². The van der Waals surface area contributed by atoms with E-state index in [0.29, 0.717) is 6.42 Å². The van der Waals surface area contributed by atoms with Crippen molar-refractivity contribution in [3.8, 4) is 6.07 Å². The predicted octanol–water partition coefficient (Wildman–Crippen LogP) is 0.121. The Bertz CT molecular complexity index is 279. The van der Waals surface area contributed by atoms with Crippen LogP contribution in [-0.4, -0.2) is 20.5 Å². The Hall–Kier alpha value is -0.640. The van der Waals surface area contributed by atoms with Crippen molar-refractivity contribution in [3.05, 3.63) is 0 Å². The second-order valence-corrected chi connectivity index (χ2v) is 4.46. The average molecular weight is 205 g/mol. The van der Waals surface area contributed by atoms with Crippen LogP contribution in [0.5, 0.6) is 0 Å². The second kappa shape index (κ2) is 5.17. The molecule has 0 saturated carbocycles. The first-order chi connectivity index (χ1) is 5.91. The first kappa shape index (κ1) is 12.4. The van der Waals surface area contributed by atoms with Crippen LogP contribution in [0.15, 0.2) is 0 Å². The third-order valence-corrected chi connectivity index (χ3v) is 2.63. The third kappa shape index (κ3) is 5.58. The van der Waals surface area contributed by atoms with Crippen molar-refractivity contribution in [2.45, 2.75) is 39.3 Å². The largest absolute Gasteiger partial charge is 0.278 e. The molecular weight excluding hydrogens is 190 g/mol. The molecule has 0 amide bonds. The van der Waals surface area contributed by atoms with Crippen LogP contribution in [0.2, 0.25) is 0 Å². The zero-order valence-electron chi connectivity index (χ0n) is 8.03. The van der Waals surface area contributed by atoms with E-state index in [1.807, 2.05) is 6.07 Å². The molecule has 0 aromatic carbocycles. The van der Waals surface area contributed by atoms with Crippen molar-refractivity contribution in [3.63, 3.8) is 0 Å². The van der Waals surface area contributed by atoms with Gasteiger partial charge in [0, 0.05) is 6.04 Å². The average Bonchev–Trinajstić information content (AvgIpc) is 1.97. The molecule has 6 heteroatoms. The monoisotopic (exact) mass is 205 g/mol. The Morgan fingerprint density at radius 1 is 1.38 bits per heavy atom. The smallest absolute Gasteiger partial charge is 0.200 e. The third-order valence-electron chi connectivity index (χ3n) is 1.25. The number of rotatable bonds is 5. The Morgan fingerprint density at radius 3 is 2.23 bits per heavy atom. The summed E-state index contributed by atoms with van der Waals surface area (Å²) in [4.78, 5) is 0. The lowest BCUT2D eigenvalue weighted by atomic mass is 10.3. The standard InChI is InChI=1S/C7H15N3O2S/c1-4-7(5-8)10-13(11,12)9-6(2)3/h6-7,9-10H,4H2,1-3H3. The van der Waals surface area contributed by atoms with Crippen LogP contribution < -0.4 is 9.44 Å². The van der Waals surface area contributed by atoms with E-state index in [9.17, 15) is 8.42 Å². The maximum atomic E-state index is 11.2. The van der Waals surface area contributed by atoms with Gasteiger partial charge in [-0.05, 0) is 20.3 Å². The highest BCUT2D eigenvalue weighted by molar-refractivity contribution is 7.87. The summed E-state index contributed by atoms with van der Waals surface area (Å²) in [5.41, 5.74) is 0. The zero-order chi connectivity index (χ0) is 10.5. The molecule has 0 fully saturated rings. The van der Waals surface area contributed by atoms with Crippen molar-refractivity contribution in [1.29, 1.82) is 5.26 Å². The minimum absolute atomic E-state index is 0.173. The molecule has 1 atom stereocenters. The van der Waals surface area contributed by atoms with Crippen LogP contribution in [-0.2, 0) is 10.2 Å². The van der Waals surface area contributed by atoms with Crippen molar-refractivity contribution in [2.75, 3.05) is 0 Å². The highest BCUT2D eigenvalue weighted by Gasteiger charge is 2.15. The van der Waals surface area contributed by atoms with Gasteiger partial charge in [-0.15, -0.1) is 0 Å².